The largest absolute Gasteiger partial charge is 0.390 e. The van der Waals surface area contributed by atoms with Crippen LogP contribution in [0.4, 0.5) is 0 Å². The highest BCUT2D eigenvalue weighted by Gasteiger charge is 1.99. The van der Waals surface area contributed by atoms with E-state index in [0.717, 1.165) is 10.0 Å². The van der Waals surface area contributed by atoms with Gasteiger partial charge >= 0.3 is 0 Å². The van der Waals surface area contributed by atoms with Crippen LogP contribution >= 0.6 is 15.9 Å². The van der Waals surface area contributed by atoms with Gasteiger partial charge in [-0.2, -0.15) is 0 Å². The molecule has 4 nitrogen and oxygen atoms in total. The van der Waals surface area contributed by atoms with Crippen molar-refractivity contribution in [2.75, 3.05) is 0 Å². The van der Waals surface area contributed by atoms with Crippen molar-refractivity contribution in [3.63, 3.8) is 0 Å². The number of aromatic nitrogens is 3. The quantitative estimate of drug-likeness (QED) is 0.919. The van der Waals surface area contributed by atoms with Crippen LogP contribution < -0.4 is 0 Å². The molecule has 78 valence electrons. The standard InChI is InChI=1S/C10H10BrN3O/c11-9-3-1-8(2-4-9)5-14-6-10(7-15)12-13-14/h1-4,6,15H,5,7H2. The van der Waals surface area contributed by atoms with Gasteiger partial charge in [-0.25, -0.2) is 4.68 Å². The highest BCUT2D eigenvalue weighted by Crippen LogP contribution is 2.11. The van der Waals surface area contributed by atoms with E-state index < -0.39 is 0 Å². The maximum Gasteiger partial charge on any atom is 0.108 e. The Morgan fingerprint density at radius 3 is 2.60 bits per heavy atom. The molecule has 0 saturated carbocycles. The van der Waals surface area contributed by atoms with E-state index in [1.54, 1.807) is 10.9 Å². The summed E-state index contributed by atoms with van der Waals surface area (Å²) < 4.78 is 2.76. The highest BCUT2D eigenvalue weighted by molar-refractivity contribution is 9.10. The molecule has 2 aromatic rings. The van der Waals surface area contributed by atoms with Crippen molar-refractivity contribution in [1.29, 1.82) is 0 Å². The lowest BCUT2D eigenvalue weighted by atomic mass is 10.2. The first-order valence-electron chi connectivity index (χ1n) is 4.52. The molecule has 0 saturated heterocycles. The number of nitrogens with zero attached hydrogens (tertiary/aromatic N) is 3. The molecule has 0 fully saturated rings. The molecule has 0 amide bonds. The van der Waals surface area contributed by atoms with Gasteiger partial charge in [-0.3, -0.25) is 0 Å². The molecule has 0 unspecified atom stereocenters. The van der Waals surface area contributed by atoms with E-state index in [1.807, 2.05) is 24.3 Å². The summed E-state index contributed by atoms with van der Waals surface area (Å²) >= 11 is 3.38. The second kappa shape index (κ2) is 4.55. The smallest absolute Gasteiger partial charge is 0.108 e. The molecular formula is C10H10BrN3O. The molecule has 0 spiro atoms. The maximum absolute atomic E-state index is 8.83. The average Bonchev–Trinajstić information content (AvgIpc) is 2.69. The van der Waals surface area contributed by atoms with Crippen LogP contribution in [-0.4, -0.2) is 20.1 Å². The lowest BCUT2D eigenvalue weighted by Gasteiger charge is -2.00. The van der Waals surface area contributed by atoms with Crippen molar-refractivity contribution in [3.05, 3.63) is 46.2 Å². The summed E-state index contributed by atoms with van der Waals surface area (Å²) in [5, 5.41) is 16.5. The number of benzene rings is 1. The Balaban J connectivity index is 2.11. The first kappa shape index (κ1) is 10.3. The summed E-state index contributed by atoms with van der Waals surface area (Å²) in [4.78, 5) is 0. The molecule has 0 radical (unpaired) electrons. The first-order chi connectivity index (χ1) is 7.28. The van der Waals surface area contributed by atoms with Gasteiger partial charge in [-0.15, -0.1) is 5.10 Å². The van der Waals surface area contributed by atoms with E-state index in [4.69, 9.17) is 5.11 Å². The number of rotatable bonds is 3. The molecule has 5 heteroatoms. The minimum Gasteiger partial charge on any atom is -0.390 e. The summed E-state index contributed by atoms with van der Waals surface area (Å²) in [6.07, 6.45) is 1.74. The van der Waals surface area contributed by atoms with Crippen molar-refractivity contribution in [2.24, 2.45) is 0 Å². The van der Waals surface area contributed by atoms with Gasteiger partial charge in [0.1, 0.15) is 5.69 Å². The van der Waals surface area contributed by atoms with Crippen LogP contribution in [0.2, 0.25) is 0 Å². The lowest BCUT2D eigenvalue weighted by Crippen LogP contribution is -1.99. The molecule has 1 heterocycles. The Morgan fingerprint density at radius 2 is 2.00 bits per heavy atom. The molecule has 0 aliphatic carbocycles. The van der Waals surface area contributed by atoms with Crippen molar-refractivity contribution in [3.8, 4) is 0 Å². The van der Waals surface area contributed by atoms with Crippen LogP contribution in [0, 0.1) is 0 Å². The minimum absolute atomic E-state index is 0.0691. The Morgan fingerprint density at radius 1 is 1.27 bits per heavy atom. The van der Waals surface area contributed by atoms with Gasteiger partial charge in [-0.05, 0) is 17.7 Å². The SMILES string of the molecule is OCc1cn(Cc2ccc(Br)cc2)nn1. The van der Waals surface area contributed by atoms with Crippen molar-refractivity contribution >= 4 is 15.9 Å². The summed E-state index contributed by atoms with van der Waals surface area (Å²) in [6, 6.07) is 8.01. The fourth-order valence-electron chi connectivity index (χ4n) is 1.27. The first-order valence-corrected chi connectivity index (χ1v) is 5.31. The molecule has 2 rings (SSSR count). The van der Waals surface area contributed by atoms with Crippen LogP contribution in [0.1, 0.15) is 11.3 Å². The molecule has 1 aromatic carbocycles. The van der Waals surface area contributed by atoms with Crippen LogP contribution in [-0.2, 0) is 13.2 Å². The monoisotopic (exact) mass is 267 g/mol. The Bertz CT molecular complexity index is 438. The molecular weight excluding hydrogens is 258 g/mol. The zero-order valence-electron chi connectivity index (χ0n) is 7.97. The van der Waals surface area contributed by atoms with E-state index in [2.05, 4.69) is 26.2 Å². The number of aliphatic hydroxyl groups excluding tert-OH is 1. The van der Waals surface area contributed by atoms with Crippen LogP contribution in [0.3, 0.4) is 0 Å². The zero-order valence-corrected chi connectivity index (χ0v) is 9.55. The second-order valence-electron chi connectivity index (χ2n) is 3.19. The van der Waals surface area contributed by atoms with Crippen LogP contribution in [0.25, 0.3) is 0 Å². The highest BCUT2D eigenvalue weighted by atomic mass is 79.9. The fraction of sp³-hybridized carbons (Fsp3) is 0.200. The number of aliphatic hydroxyl groups is 1. The molecule has 0 aliphatic rings. The third kappa shape index (κ3) is 2.64. The molecule has 0 aliphatic heterocycles. The number of hydrogen-bond donors (Lipinski definition) is 1. The number of halogens is 1. The maximum atomic E-state index is 8.83. The van der Waals surface area contributed by atoms with E-state index >= 15 is 0 Å². The Labute approximate surface area is 95.7 Å². The summed E-state index contributed by atoms with van der Waals surface area (Å²) in [5.74, 6) is 0. The van der Waals surface area contributed by atoms with Gasteiger partial charge < -0.3 is 5.11 Å². The van der Waals surface area contributed by atoms with Gasteiger partial charge in [0.25, 0.3) is 0 Å². The zero-order chi connectivity index (χ0) is 10.7. The minimum atomic E-state index is -0.0691. The molecule has 15 heavy (non-hydrogen) atoms. The Kier molecular flexibility index (Phi) is 3.13. The van der Waals surface area contributed by atoms with Crippen molar-refractivity contribution in [1.82, 2.24) is 15.0 Å². The predicted molar refractivity (Wildman–Crippen MR) is 59.2 cm³/mol. The molecule has 0 atom stereocenters. The van der Waals surface area contributed by atoms with Gasteiger partial charge in [0.15, 0.2) is 0 Å². The van der Waals surface area contributed by atoms with E-state index in [9.17, 15) is 0 Å². The second-order valence-corrected chi connectivity index (χ2v) is 4.11. The topological polar surface area (TPSA) is 50.9 Å². The third-order valence-electron chi connectivity index (χ3n) is 2.01. The van der Waals surface area contributed by atoms with Gasteiger partial charge in [0, 0.05) is 4.47 Å². The summed E-state index contributed by atoms with van der Waals surface area (Å²) in [7, 11) is 0. The van der Waals surface area contributed by atoms with Gasteiger partial charge in [0.05, 0.1) is 19.3 Å². The van der Waals surface area contributed by atoms with Gasteiger partial charge in [-0.1, -0.05) is 33.3 Å². The lowest BCUT2D eigenvalue weighted by molar-refractivity contribution is 0.276. The third-order valence-corrected chi connectivity index (χ3v) is 2.53. The Hall–Kier alpha value is -1.20. The average molecular weight is 268 g/mol. The normalized spacial score (nSPS) is 10.5. The molecule has 1 aromatic heterocycles. The summed E-state index contributed by atoms with van der Waals surface area (Å²) in [5.41, 5.74) is 1.74. The van der Waals surface area contributed by atoms with Crippen molar-refractivity contribution in [2.45, 2.75) is 13.2 Å². The van der Waals surface area contributed by atoms with E-state index in [0.29, 0.717) is 12.2 Å². The number of hydrogen-bond acceptors (Lipinski definition) is 3. The van der Waals surface area contributed by atoms with Gasteiger partial charge in [0.2, 0.25) is 0 Å². The van der Waals surface area contributed by atoms with Crippen LogP contribution in [0.15, 0.2) is 34.9 Å². The van der Waals surface area contributed by atoms with Crippen molar-refractivity contribution < 1.29 is 5.11 Å². The fourth-order valence-corrected chi connectivity index (χ4v) is 1.53. The molecule has 0 bridgehead atoms. The van der Waals surface area contributed by atoms with Crippen LogP contribution in [0.5, 0.6) is 0 Å². The van der Waals surface area contributed by atoms with E-state index in [-0.39, 0.29) is 6.61 Å². The predicted octanol–water partition coefficient (Wildman–Crippen LogP) is 1.58. The molecule has 1 N–H and O–H groups in total. The summed E-state index contributed by atoms with van der Waals surface area (Å²) in [6.45, 7) is 0.598. The van der Waals surface area contributed by atoms with E-state index in [1.165, 1.54) is 0 Å².